The molecule has 1 aromatic carbocycles. The number of nitrogens with one attached hydrogen (secondary N) is 1. The number of amides is 3. The summed E-state index contributed by atoms with van der Waals surface area (Å²) in [4.78, 5) is 32.8. The van der Waals surface area contributed by atoms with Crippen LogP contribution in [0.15, 0.2) is 29.3 Å². The molecular formula is C25H37ClN4O4S. The van der Waals surface area contributed by atoms with E-state index in [0.717, 1.165) is 18.6 Å². The van der Waals surface area contributed by atoms with Crippen molar-refractivity contribution in [3.8, 4) is 5.75 Å². The van der Waals surface area contributed by atoms with Gasteiger partial charge in [-0.05, 0) is 30.7 Å². The summed E-state index contributed by atoms with van der Waals surface area (Å²) in [6.45, 7) is 2.46. The van der Waals surface area contributed by atoms with Gasteiger partial charge in [0.1, 0.15) is 18.5 Å². The maximum Gasteiger partial charge on any atom is 0.325 e. The van der Waals surface area contributed by atoms with Crippen LogP contribution < -0.4 is 10.1 Å². The SMILES string of the molecule is CCCCCCCCCCSC1=NC2C(C(=O)NC(=O)N2C)N1CC(O)COc1ccc(Cl)cc1. The predicted octanol–water partition coefficient (Wildman–Crippen LogP) is 4.50. The van der Waals surface area contributed by atoms with Crippen molar-refractivity contribution in [1.82, 2.24) is 15.1 Å². The Hall–Kier alpha value is -1.97. The van der Waals surface area contributed by atoms with Gasteiger partial charge in [-0.3, -0.25) is 10.1 Å². The Balaban J connectivity index is 1.54. The van der Waals surface area contributed by atoms with Gasteiger partial charge in [0, 0.05) is 17.8 Å². The molecule has 3 amide bonds. The van der Waals surface area contributed by atoms with Crippen LogP contribution in [0.25, 0.3) is 0 Å². The number of amidine groups is 1. The zero-order valence-corrected chi connectivity index (χ0v) is 22.2. The molecule has 0 radical (unpaired) electrons. The smallest absolute Gasteiger partial charge is 0.325 e. The highest BCUT2D eigenvalue weighted by atomic mass is 35.5. The van der Waals surface area contributed by atoms with Crippen molar-refractivity contribution in [3.63, 3.8) is 0 Å². The third-order valence-corrected chi connectivity index (χ3v) is 7.56. The number of urea groups is 1. The lowest BCUT2D eigenvalue weighted by atomic mass is 10.1. The lowest BCUT2D eigenvalue weighted by Gasteiger charge is -2.36. The molecule has 3 rings (SSSR count). The lowest BCUT2D eigenvalue weighted by Crippen LogP contribution is -2.64. The maximum atomic E-state index is 12.7. The minimum absolute atomic E-state index is 0.0574. The fourth-order valence-electron chi connectivity index (χ4n) is 4.22. The summed E-state index contributed by atoms with van der Waals surface area (Å²) in [6.07, 6.45) is 8.47. The number of unbranched alkanes of at least 4 members (excludes halogenated alkanes) is 7. The molecule has 3 unspecified atom stereocenters. The van der Waals surface area contributed by atoms with Gasteiger partial charge in [0.2, 0.25) is 0 Å². The van der Waals surface area contributed by atoms with Crippen molar-refractivity contribution in [3.05, 3.63) is 29.3 Å². The molecule has 3 atom stereocenters. The number of hydrogen-bond acceptors (Lipinski definition) is 7. The summed E-state index contributed by atoms with van der Waals surface area (Å²) < 4.78 is 5.68. The van der Waals surface area contributed by atoms with Crippen molar-refractivity contribution in [1.29, 1.82) is 0 Å². The van der Waals surface area contributed by atoms with Gasteiger partial charge in [-0.1, -0.05) is 75.2 Å². The minimum atomic E-state index is -0.853. The minimum Gasteiger partial charge on any atom is -0.491 e. The van der Waals surface area contributed by atoms with Crippen LogP contribution in [-0.2, 0) is 4.79 Å². The van der Waals surface area contributed by atoms with Gasteiger partial charge in [-0.15, -0.1) is 0 Å². The molecule has 194 valence electrons. The fourth-order valence-corrected chi connectivity index (χ4v) is 5.41. The molecular weight excluding hydrogens is 488 g/mol. The van der Waals surface area contributed by atoms with E-state index in [9.17, 15) is 14.7 Å². The average Bonchev–Trinajstić information content (AvgIpc) is 3.19. The van der Waals surface area contributed by atoms with Crippen LogP contribution in [0.2, 0.25) is 5.02 Å². The predicted molar refractivity (Wildman–Crippen MR) is 141 cm³/mol. The number of carbonyl (C=O) groups is 2. The number of hydrogen-bond donors (Lipinski definition) is 2. The highest BCUT2D eigenvalue weighted by molar-refractivity contribution is 8.13. The normalized spacial score (nSPS) is 20.5. The number of aliphatic hydroxyl groups is 1. The van der Waals surface area contributed by atoms with Crippen molar-refractivity contribution >= 4 is 40.5 Å². The summed E-state index contributed by atoms with van der Waals surface area (Å²) >= 11 is 7.49. The second-order valence-electron chi connectivity index (χ2n) is 9.07. The molecule has 0 aromatic heterocycles. The zero-order chi connectivity index (χ0) is 25.2. The number of ether oxygens (including phenoxy) is 1. The molecule has 0 saturated carbocycles. The molecule has 2 heterocycles. The number of likely N-dealkylation sites (N-methyl/N-ethyl adjacent to an activating group) is 1. The first-order valence-corrected chi connectivity index (χ1v) is 13.9. The molecule has 0 aliphatic carbocycles. The largest absolute Gasteiger partial charge is 0.491 e. The van der Waals surface area contributed by atoms with E-state index in [1.54, 1.807) is 43.1 Å². The molecule has 2 aliphatic heterocycles. The molecule has 0 spiro atoms. The quantitative estimate of drug-likeness (QED) is 0.348. The molecule has 1 saturated heterocycles. The Bertz CT molecular complexity index is 870. The maximum absolute atomic E-state index is 12.7. The topological polar surface area (TPSA) is 94.5 Å². The summed E-state index contributed by atoms with van der Waals surface area (Å²) in [6, 6.07) is 5.80. The number of imide groups is 1. The molecule has 0 bridgehead atoms. The van der Waals surface area contributed by atoms with E-state index < -0.39 is 30.2 Å². The van der Waals surface area contributed by atoms with Crippen molar-refractivity contribution in [2.24, 2.45) is 4.99 Å². The second kappa shape index (κ2) is 13.9. The Morgan fingerprint density at radius 1 is 1.11 bits per heavy atom. The Morgan fingerprint density at radius 2 is 1.77 bits per heavy atom. The third kappa shape index (κ3) is 8.02. The highest BCUT2D eigenvalue weighted by Crippen LogP contribution is 2.29. The van der Waals surface area contributed by atoms with Gasteiger partial charge in [-0.2, -0.15) is 0 Å². The molecule has 2 aliphatic rings. The van der Waals surface area contributed by atoms with E-state index in [0.29, 0.717) is 15.9 Å². The summed E-state index contributed by atoms with van der Waals surface area (Å²) in [5.74, 6) is 1.09. The van der Waals surface area contributed by atoms with Crippen LogP contribution in [0.1, 0.15) is 58.3 Å². The second-order valence-corrected chi connectivity index (χ2v) is 10.6. The average molecular weight is 525 g/mol. The highest BCUT2D eigenvalue weighted by Gasteiger charge is 2.48. The lowest BCUT2D eigenvalue weighted by molar-refractivity contribution is -0.127. The first-order chi connectivity index (χ1) is 16.9. The number of thioether (sulfide) groups is 1. The van der Waals surface area contributed by atoms with E-state index in [4.69, 9.17) is 21.3 Å². The summed E-state index contributed by atoms with van der Waals surface area (Å²) in [7, 11) is 1.63. The van der Waals surface area contributed by atoms with Crippen LogP contribution >= 0.6 is 23.4 Å². The van der Waals surface area contributed by atoms with Crippen LogP contribution in [0.3, 0.4) is 0 Å². The summed E-state index contributed by atoms with van der Waals surface area (Å²) in [5.41, 5.74) is 0. The molecule has 1 fully saturated rings. The Morgan fingerprint density at radius 3 is 2.46 bits per heavy atom. The number of nitrogens with zero attached hydrogens (tertiary/aromatic N) is 3. The van der Waals surface area contributed by atoms with Gasteiger partial charge in [-0.25, -0.2) is 9.79 Å². The molecule has 10 heteroatoms. The van der Waals surface area contributed by atoms with Gasteiger partial charge in [0.05, 0.1) is 6.54 Å². The number of carbonyl (C=O) groups excluding carboxylic acids is 2. The van der Waals surface area contributed by atoms with Crippen LogP contribution in [0.4, 0.5) is 4.79 Å². The standard InChI is InChI=1S/C25H37ClN4O4S/c1-3-4-5-6-7-8-9-10-15-35-25-27-22-21(23(32)28-24(33)29(22)2)30(25)16-19(31)17-34-20-13-11-18(26)12-14-20/h11-14,19,21-22,31H,3-10,15-17H2,1-2H3,(H,28,32,33). The first-order valence-electron chi connectivity index (χ1n) is 12.5. The van der Waals surface area contributed by atoms with Crippen LogP contribution in [-0.4, -0.2) is 76.3 Å². The monoisotopic (exact) mass is 524 g/mol. The van der Waals surface area contributed by atoms with E-state index in [2.05, 4.69) is 12.2 Å². The molecule has 8 nitrogen and oxygen atoms in total. The van der Waals surface area contributed by atoms with Gasteiger partial charge in [0.25, 0.3) is 5.91 Å². The van der Waals surface area contributed by atoms with Crippen LogP contribution in [0, 0.1) is 0 Å². The van der Waals surface area contributed by atoms with Crippen molar-refractivity contribution in [2.45, 2.75) is 76.6 Å². The number of fused-ring (bicyclic) bond motifs is 1. The van der Waals surface area contributed by atoms with E-state index in [-0.39, 0.29) is 13.2 Å². The zero-order valence-electron chi connectivity index (χ0n) is 20.6. The van der Waals surface area contributed by atoms with Gasteiger partial charge >= 0.3 is 6.03 Å². The number of β-amino-alcohol motifs (C(OH)–C–C–N with tert-alkyl or cyclic N) is 1. The van der Waals surface area contributed by atoms with Crippen molar-refractivity contribution < 1.29 is 19.4 Å². The number of aliphatic hydroxyl groups excluding tert-OH is 1. The number of rotatable bonds is 14. The number of halogens is 1. The molecule has 1 aromatic rings. The number of aliphatic imine (C=N–C) groups is 1. The Kier molecular flexibility index (Phi) is 11.0. The van der Waals surface area contributed by atoms with E-state index in [1.807, 2.05) is 4.90 Å². The van der Waals surface area contributed by atoms with E-state index in [1.165, 1.54) is 43.4 Å². The van der Waals surface area contributed by atoms with Gasteiger partial charge in [0.15, 0.2) is 17.4 Å². The van der Waals surface area contributed by atoms with E-state index >= 15 is 0 Å². The first kappa shape index (κ1) is 27.6. The van der Waals surface area contributed by atoms with Crippen molar-refractivity contribution in [2.75, 3.05) is 26.0 Å². The molecule has 35 heavy (non-hydrogen) atoms. The summed E-state index contributed by atoms with van der Waals surface area (Å²) in [5, 5.41) is 14.4. The van der Waals surface area contributed by atoms with Crippen LogP contribution in [0.5, 0.6) is 5.75 Å². The third-order valence-electron chi connectivity index (χ3n) is 6.22. The molecule has 2 N–H and O–H groups in total. The fraction of sp³-hybridized carbons (Fsp3) is 0.640. The van der Waals surface area contributed by atoms with Gasteiger partial charge < -0.3 is 19.6 Å². The number of benzene rings is 1. The Labute approximate surface area is 217 Å².